The van der Waals surface area contributed by atoms with E-state index in [0.717, 1.165) is 24.0 Å². The van der Waals surface area contributed by atoms with Crippen LogP contribution in [0.2, 0.25) is 0 Å². The number of nitrogens with zero attached hydrogens (tertiary/aromatic N) is 1. The predicted molar refractivity (Wildman–Crippen MR) is 207 cm³/mol. The smallest absolute Gasteiger partial charge is 0.405 e. The van der Waals surface area contributed by atoms with Gasteiger partial charge in [0.05, 0.1) is 24.3 Å². The van der Waals surface area contributed by atoms with E-state index in [2.05, 4.69) is 20.9 Å². The SMILES string of the molecule is O=C(O)N[C@@H](c1ccccc1)c1cccc(OCC2CCN(C(=O)c3ccc(C(=O)NCCCNC[C@H](O)c4ccc(O)c5[nH]c(=O)ccc45)cc3)CC2)c1. The van der Waals surface area contributed by atoms with Gasteiger partial charge in [-0.05, 0) is 96.9 Å². The molecule has 1 aliphatic rings. The van der Waals surface area contributed by atoms with Gasteiger partial charge in [-0.25, -0.2) is 4.79 Å². The molecule has 6 rings (SSSR count). The zero-order valence-electron chi connectivity index (χ0n) is 30.2. The number of H-pyrrole nitrogens is 1. The minimum absolute atomic E-state index is 0.0684. The first-order valence-electron chi connectivity index (χ1n) is 18.3. The molecule has 7 N–H and O–H groups in total. The molecule has 1 aliphatic heterocycles. The van der Waals surface area contributed by atoms with Gasteiger partial charge in [0.15, 0.2) is 0 Å². The highest BCUT2D eigenvalue weighted by molar-refractivity contribution is 5.98. The first-order valence-corrected chi connectivity index (χ1v) is 18.3. The number of amides is 3. The van der Waals surface area contributed by atoms with Crippen LogP contribution in [0.15, 0.2) is 108 Å². The number of hydrogen-bond acceptors (Lipinski definition) is 8. The molecule has 2 heterocycles. The average Bonchev–Trinajstić information content (AvgIpc) is 3.21. The Morgan fingerprint density at radius 3 is 2.33 bits per heavy atom. The van der Waals surface area contributed by atoms with Crippen LogP contribution in [0.4, 0.5) is 4.79 Å². The number of phenolic OH excluding ortho intramolecular Hbond substituents is 1. The predicted octanol–water partition coefficient (Wildman–Crippen LogP) is 4.97. The van der Waals surface area contributed by atoms with Crippen LogP contribution in [0.3, 0.4) is 0 Å². The van der Waals surface area contributed by atoms with Gasteiger partial charge in [0.2, 0.25) is 5.56 Å². The molecule has 13 nitrogen and oxygen atoms in total. The van der Waals surface area contributed by atoms with Crippen LogP contribution in [0, 0.1) is 5.92 Å². The maximum atomic E-state index is 13.3. The van der Waals surface area contributed by atoms with Crippen molar-refractivity contribution in [2.75, 3.05) is 39.3 Å². The van der Waals surface area contributed by atoms with Gasteiger partial charge in [0, 0.05) is 48.8 Å². The zero-order valence-corrected chi connectivity index (χ0v) is 30.2. The quantitative estimate of drug-likeness (QED) is 0.0725. The van der Waals surface area contributed by atoms with Gasteiger partial charge in [-0.2, -0.15) is 0 Å². The molecule has 1 saturated heterocycles. The Hall–Kier alpha value is -6.18. The molecule has 55 heavy (non-hydrogen) atoms. The summed E-state index contributed by atoms with van der Waals surface area (Å²) in [5.41, 5.74) is 3.08. The Bertz CT molecular complexity index is 2150. The minimum Gasteiger partial charge on any atom is -0.506 e. The number of aliphatic hydroxyl groups excluding tert-OH is 1. The van der Waals surface area contributed by atoms with Crippen LogP contribution in [0.25, 0.3) is 10.9 Å². The van der Waals surface area contributed by atoms with Gasteiger partial charge in [-0.1, -0.05) is 48.5 Å². The first-order chi connectivity index (χ1) is 26.7. The molecule has 3 amide bonds. The Morgan fingerprint density at radius 2 is 1.58 bits per heavy atom. The molecule has 13 heteroatoms. The fourth-order valence-corrected chi connectivity index (χ4v) is 6.79. The third-order valence-electron chi connectivity index (χ3n) is 9.79. The molecule has 0 saturated carbocycles. The Balaban J connectivity index is 0.900. The molecule has 4 aromatic carbocycles. The summed E-state index contributed by atoms with van der Waals surface area (Å²) in [5, 5.41) is 39.4. The average molecular weight is 748 g/mol. The van der Waals surface area contributed by atoms with Crippen molar-refractivity contribution in [1.29, 1.82) is 0 Å². The van der Waals surface area contributed by atoms with Crippen LogP contribution in [0.1, 0.15) is 68.8 Å². The van der Waals surface area contributed by atoms with E-state index in [1.807, 2.05) is 59.5 Å². The fourth-order valence-electron chi connectivity index (χ4n) is 6.79. The van der Waals surface area contributed by atoms with Crippen molar-refractivity contribution in [3.05, 3.63) is 141 Å². The number of phenols is 1. The number of pyridine rings is 1. The van der Waals surface area contributed by atoms with Gasteiger partial charge in [0.1, 0.15) is 11.5 Å². The number of carbonyl (C=O) groups excluding carboxylic acids is 2. The molecule has 0 unspecified atom stereocenters. The van der Waals surface area contributed by atoms with Gasteiger partial charge in [0.25, 0.3) is 11.8 Å². The number of benzene rings is 4. The maximum Gasteiger partial charge on any atom is 0.405 e. The number of ether oxygens (including phenoxy) is 1. The number of carboxylic acid groups (broad SMARTS) is 1. The summed E-state index contributed by atoms with van der Waals surface area (Å²) in [6.45, 7) is 2.85. The number of likely N-dealkylation sites (tertiary alicyclic amines) is 1. The van der Waals surface area contributed by atoms with E-state index in [4.69, 9.17) is 4.74 Å². The van der Waals surface area contributed by atoms with E-state index in [1.54, 1.807) is 36.4 Å². The summed E-state index contributed by atoms with van der Waals surface area (Å²) in [4.78, 5) is 53.6. The monoisotopic (exact) mass is 747 g/mol. The molecular weight excluding hydrogens is 702 g/mol. The van der Waals surface area contributed by atoms with E-state index >= 15 is 0 Å². The van der Waals surface area contributed by atoms with Crippen LogP contribution in [-0.4, -0.2) is 82.4 Å². The standard InChI is InChI=1S/C42H45N5O8/c48-35-16-14-33(34-15-17-37(50)45-39(34)35)36(49)25-43-20-5-21-44-40(51)29-10-12-30(13-11-29)41(52)47-22-18-27(19-23-47)26-55-32-9-4-8-31(24-32)38(46-42(53)54)28-6-2-1-3-7-28/h1-4,6-17,24,27,36,38,43,46,48-49H,5,18-23,25-26H2,(H,44,51)(H,45,50)(H,53,54)/t36-,38-/m0/s1. The third kappa shape index (κ3) is 10.1. The first kappa shape index (κ1) is 38.5. The maximum absolute atomic E-state index is 13.3. The van der Waals surface area contributed by atoms with E-state index in [0.29, 0.717) is 67.0 Å². The second-order valence-corrected chi connectivity index (χ2v) is 13.6. The molecule has 0 radical (unpaired) electrons. The molecule has 2 atom stereocenters. The van der Waals surface area contributed by atoms with E-state index < -0.39 is 18.2 Å². The number of aromatic amines is 1. The lowest BCUT2D eigenvalue weighted by Crippen LogP contribution is -2.39. The minimum atomic E-state index is -1.11. The van der Waals surface area contributed by atoms with Crippen molar-refractivity contribution in [3.63, 3.8) is 0 Å². The van der Waals surface area contributed by atoms with Crippen LogP contribution in [-0.2, 0) is 0 Å². The van der Waals surface area contributed by atoms with Crippen LogP contribution >= 0.6 is 0 Å². The lowest BCUT2D eigenvalue weighted by Gasteiger charge is -2.32. The summed E-state index contributed by atoms with van der Waals surface area (Å²) in [6, 6.07) is 28.9. The van der Waals surface area contributed by atoms with Crippen molar-refractivity contribution < 1.29 is 34.4 Å². The summed E-state index contributed by atoms with van der Waals surface area (Å²) in [6.07, 6.45) is 0.195. The molecule has 5 aromatic rings. The van der Waals surface area contributed by atoms with Gasteiger partial charge in [-0.15, -0.1) is 0 Å². The number of aliphatic hydroxyl groups is 1. The molecular formula is C42H45N5O8. The van der Waals surface area contributed by atoms with E-state index in [1.165, 1.54) is 12.1 Å². The highest BCUT2D eigenvalue weighted by Crippen LogP contribution is 2.29. The lowest BCUT2D eigenvalue weighted by molar-refractivity contribution is 0.0660. The van der Waals surface area contributed by atoms with Gasteiger partial charge < -0.3 is 45.9 Å². The number of fused-ring (bicyclic) bond motifs is 1. The third-order valence-corrected chi connectivity index (χ3v) is 9.79. The molecule has 0 aliphatic carbocycles. The summed E-state index contributed by atoms with van der Waals surface area (Å²) in [5.74, 6) is 0.513. The van der Waals surface area contributed by atoms with Crippen LogP contribution < -0.4 is 26.2 Å². The summed E-state index contributed by atoms with van der Waals surface area (Å²) < 4.78 is 6.14. The van der Waals surface area contributed by atoms with E-state index in [9.17, 15) is 34.5 Å². The lowest BCUT2D eigenvalue weighted by atomic mass is 9.97. The molecule has 286 valence electrons. The highest BCUT2D eigenvalue weighted by atomic mass is 16.5. The molecule has 0 bridgehead atoms. The number of aromatic nitrogens is 1. The largest absolute Gasteiger partial charge is 0.506 e. The highest BCUT2D eigenvalue weighted by Gasteiger charge is 2.25. The molecule has 0 spiro atoms. The number of rotatable bonds is 15. The normalized spacial score (nSPS) is 14.2. The molecule has 1 fully saturated rings. The number of aromatic hydroxyl groups is 1. The number of carbonyl (C=O) groups is 3. The topological polar surface area (TPSA) is 193 Å². The van der Waals surface area contributed by atoms with Gasteiger partial charge >= 0.3 is 6.09 Å². The zero-order chi connectivity index (χ0) is 38.7. The van der Waals surface area contributed by atoms with E-state index in [-0.39, 0.29) is 41.1 Å². The second kappa shape index (κ2) is 18.2. The summed E-state index contributed by atoms with van der Waals surface area (Å²) in [7, 11) is 0. The Morgan fingerprint density at radius 1 is 0.855 bits per heavy atom. The Kier molecular flexibility index (Phi) is 12.8. The molecule has 1 aromatic heterocycles. The summed E-state index contributed by atoms with van der Waals surface area (Å²) >= 11 is 0. The van der Waals surface area contributed by atoms with Crippen molar-refractivity contribution in [3.8, 4) is 11.5 Å². The van der Waals surface area contributed by atoms with Crippen molar-refractivity contribution in [1.82, 2.24) is 25.8 Å². The van der Waals surface area contributed by atoms with Crippen LogP contribution in [0.5, 0.6) is 11.5 Å². The second-order valence-electron chi connectivity index (χ2n) is 13.6. The number of nitrogens with one attached hydrogen (secondary N) is 4. The fraction of sp³-hybridized carbons (Fsp3) is 0.286. The van der Waals surface area contributed by atoms with Crippen molar-refractivity contribution in [2.24, 2.45) is 5.92 Å². The number of hydrogen-bond donors (Lipinski definition) is 7. The van der Waals surface area contributed by atoms with Crippen molar-refractivity contribution in [2.45, 2.75) is 31.4 Å². The Labute approximate surface area is 318 Å². The van der Waals surface area contributed by atoms with Crippen molar-refractivity contribution >= 4 is 28.8 Å². The number of piperidine rings is 1. The van der Waals surface area contributed by atoms with Gasteiger partial charge in [-0.3, -0.25) is 14.4 Å².